The highest BCUT2D eigenvalue weighted by Gasteiger charge is 2.20. The number of likely N-dealkylation sites (N-methyl/N-ethyl adjacent to an activating group) is 1. The summed E-state index contributed by atoms with van der Waals surface area (Å²) >= 11 is 0. The third-order valence-electron chi connectivity index (χ3n) is 3.42. The molecule has 1 aromatic heterocycles. The number of rotatable bonds is 5. The Morgan fingerprint density at radius 3 is 2.70 bits per heavy atom. The standard InChI is InChI=1S/C16H19NO3/c1-12(11-13-7-4-5-8-14(13)19-3)17(2)16(18)15-9-6-10-20-15/h4-10,12H,11H2,1-3H3. The van der Waals surface area contributed by atoms with E-state index in [1.165, 1.54) is 6.26 Å². The Morgan fingerprint density at radius 2 is 2.05 bits per heavy atom. The molecule has 106 valence electrons. The van der Waals surface area contributed by atoms with E-state index in [1.807, 2.05) is 31.2 Å². The number of amides is 1. The van der Waals surface area contributed by atoms with Gasteiger partial charge in [0.2, 0.25) is 0 Å². The Morgan fingerprint density at radius 1 is 1.30 bits per heavy atom. The van der Waals surface area contributed by atoms with Gasteiger partial charge in [-0.05, 0) is 37.1 Å². The third-order valence-corrected chi connectivity index (χ3v) is 3.42. The van der Waals surface area contributed by atoms with E-state index in [2.05, 4.69) is 0 Å². The lowest BCUT2D eigenvalue weighted by Gasteiger charge is -2.24. The van der Waals surface area contributed by atoms with Crippen molar-refractivity contribution in [3.05, 3.63) is 54.0 Å². The number of carbonyl (C=O) groups is 1. The van der Waals surface area contributed by atoms with E-state index in [-0.39, 0.29) is 11.9 Å². The molecule has 0 aliphatic rings. The zero-order chi connectivity index (χ0) is 14.5. The molecular formula is C16H19NO3. The number of hydrogen-bond donors (Lipinski definition) is 0. The molecule has 1 unspecified atom stereocenters. The average Bonchev–Trinajstić information content (AvgIpc) is 3.00. The maximum absolute atomic E-state index is 12.2. The number of carbonyl (C=O) groups excluding carboxylic acids is 1. The van der Waals surface area contributed by atoms with Gasteiger partial charge in [-0.15, -0.1) is 0 Å². The van der Waals surface area contributed by atoms with Crippen LogP contribution < -0.4 is 4.74 Å². The molecule has 2 rings (SSSR count). The van der Waals surface area contributed by atoms with Gasteiger partial charge in [-0.2, -0.15) is 0 Å². The fourth-order valence-corrected chi connectivity index (χ4v) is 2.10. The first-order valence-corrected chi connectivity index (χ1v) is 6.56. The number of benzene rings is 1. The van der Waals surface area contributed by atoms with Gasteiger partial charge in [0.1, 0.15) is 5.75 Å². The van der Waals surface area contributed by atoms with E-state index in [0.717, 1.165) is 17.7 Å². The van der Waals surface area contributed by atoms with Crippen molar-refractivity contribution in [3.8, 4) is 5.75 Å². The van der Waals surface area contributed by atoms with Crippen molar-refractivity contribution in [1.82, 2.24) is 4.90 Å². The zero-order valence-corrected chi connectivity index (χ0v) is 12.0. The van der Waals surface area contributed by atoms with Crippen LogP contribution in [0, 0.1) is 0 Å². The lowest BCUT2D eigenvalue weighted by atomic mass is 10.0. The van der Waals surface area contributed by atoms with Gasteiger partial charge >= 0.3 is 0 Å². The van der Waals surface area contributed by atoms with Gasteiger partial charge < -0.3 is 14.1 Å². The summed E-state index contributed by atoms with van der Waals surface area (Å²) in [6, 6.07) is 11.3. The number of hydrogen-bond acceptors (Lipinski definition) is 3. The van der Waals surface area contributed by atoms with Gasteiger partial charge in [0.05, 0.1) is 13.4 Å². The van der Waals surface area contributed by atoms with E-state index >= 15 is 0 Å². The smallest absolute Gasteiger partial charge is 0.289 e. The molecule has 0 bridgehead atoms. The lowest BCUT2D eigenvalue weighted by molar-refractivity contribution is 0.0711. The Kier molecular flexibility index (Phi) is 4.45. The molecule has 0 spiro atoms. The number of methoxy groups -OCH3 is 1. The largest absolute Gasteiger partial charge is 0.496 e. The molecule has 4 nitrogen and oxygen atoms in total. The molecule has 0 aliphatic carbocycles. The highest BCUT2D eigenvalue weighted by Crippen LogP contribution is 2.20. The molecule has 1 amide bonds. The van der Waals surface area contributed by atoms with Gasteiger partial charge in [0, 0.05) is 13.1 Å². The van der Waals surface area contributed by atoms with Crippen LogP contribution in [0.25, 0.3) is 0 Å². The Bertz CT molecular complexity index is 563. The van der Waals surface area contributed by atoms with Crippen molar-refractivity contribution in [2.75, 3.05) is 14.2 Å². The molecule has 1 atom stereocenters. The summed E-state index contributed by atoms with van der Waals surface area (Å²) in [4.78, 5) is 13.9. The van der Waals surface area contributed by atoms with Gasteiger partial charge in [0.15, 0.2) is 5.76 Å². The molecule has 0 saturated carbocycles. The summed E-state index contributed by atoms with van der Waals surface area (Å²) in [6.45, 7) is 2.01. The number of para-hydroxylation sites is 1. The first-order chi connectivity index (χ1) is 9.63. The molecular weight excluding hydrogens is 254 g/mol. The van der Waals surface area contributed by atoms with Gasteiger partial charge in [-0.1, -0.05) is 18.2 Å². The van der Waals surface area contributed by atoms with Gasteiger partial charge in [-0.25, -0.2) is 0 Å². The maximum atomic E-state index is 12.2. The van der Waals surface area contributed by atoms with Crippen LogP contribution in [-0.4, -0.2) is 31.0 Å². The van der Waals surface area contributed by atoms with Gasteiger partial charge in [0.25, 0.3) is 5.91 Å². The summed E-state index contributed by atoms with van der Waals surface area (Å²) in [5.74, 6) is 1.09. The van der Waals surface area contributed by atoms with Crippen LogP contribution in [0.4, 0.5) is 0 Å². The second-order valence-corrected chi connectivity index (χ2v) is 4.76. The first kappa shape index (κ1) is 14.2. The number of nitrogens with zero attached hydrogens (tertiary/aromatic N) is 1. The lowest BCUT2D eigenvalue weighted by Crippen LogP contribution is -2.36. The van der Waals surface area contributed by atoms with Crippen LogP contribution in [-0.2, 0) is 6.42 Å². The van der Waals surface area contributed by atoms with Crippen LogP contribution in [0.5, 0.6) is 5.75 Å². The quantitative estimate of drug-likeness (QED) is 0.841. The molecule has 20 heavy (non-hydrogen) atoms. The monoisotopic (exact) mass is 273 g/mol. The van der Waals surface area contributed by atoms with Crippen LogP contribution in [0.3, 0.4) is 0 Å². The minimum atomic E-state index is -0.114. The SMILES string of the molecule is COc1ccccc1CC(C)N(C)C(=O)c1ccco1. The van der Waals surface area contributed by atoms with Crippen LogP contribution in [0.2, 0.25) is 0 Å². The van der Waals surface area contributed by atoms with Crippen molar-refractivity contribution < 1.29 is 13.9 Å². The minimum Gasteiger partial charge on any atom is -0.496 e. The average molecular weight is 273 g/mol. The summed E-state index contributed by atoms with van der Waals surface area (Å²) in [5, 5.41) is 0. The van der Waals surface area contributed by atoms with E-state index < -0.39 is 0 Å². The Hall–Kier alpha value is -2.23. The third kappa shape index (κ3) is 3.02. The van der Waals surface area contributed by atoms with Crippen LogP contribution in [0.15, 0.2) is 47.1 Å². The number of ether oxygens (including phenoxy) is 1. The predicted octanol–water partition coefficient (Wildman–Crippen LogP) is 2.99. The second-order valence-electron chi connectivity index (χ2n) is 4.76. The van der Waals surface area contributed by atoms with Crippen molar-refractivity contribution in [2.45, 2.75) is 19.4 Å². The molecule has 0 N–H and O–H groups in total. The Labute approximate surface area is 119 Å². The van der Waals surface area contributed by atoms with E-state index in [9.17, 15) is 4.79 Å². The molecule has 0 fully saturated rings. The van der Waals surface area contributed by atoms with Gasteiger partial charge in [-0.3, -0.25) is 4.79 Å². The molecule has 0 aliphatic heterocycles. The summed E-state index contributed by atoms with van der Waals surface area (Å²) in [6.07, 6.45) is 2.24. The fourth-order valence-electron chi connectivity index (χ4n) is 2.10. The second kappa shape index (κ2) is 6.28. The summed E-state index contributed by atoms with van der Waals surface area (Å²) < 4.78 is 10.5. The number of furan rings is 1. The van der Waals surface area contributed by atoms with Crippen molar-refractivity contribution in [1.29, 1.82) is 0 Å². The maximum Gasteiger partial charge on any atom is 0.289 e. The molecule has 4 heteroatoms. The first-order valence-electron chi connectivity index (χ1n) is 6.56. The normalized spacial score (nSPS) is 11.9. The highest BCUT2D eigenvalue weighted by atomic mass is 16.5. The van der Waals surface area contributed by atoms with Crippen LogP contribution in [0.1, 0.15) is 23.0 Å². The molecule has 0 saturated heterocycles. The van der Waals surface area contributed by atoms with Crippen molar-refractivity contribution in [2.24, 2.45) is 0 Å². The zero-order valence-electron chi connectivity index (χ0n) is 12.0. The van der Waals surface area contributed by atoms with E-state index in [4.69, 9.17) is 9.15 Å². The summed E-state index contributed by atoms with van der Waals surface area (Å²) in [7, 11) is 3.44. The summed E-state index contributed by atoms with van der Waals surface area (Å²) in [5.41, 5.74) is 1.08. The molecule has 1 aromatic carbocycles. The topological polar surface area (TPSA) is 42.7 Å². The van der Waals surface area contributed by atoms with Crippen molar-refractivity contribution in [3.63, 3.8) is 0 Å². The molecule has 2 aromatic rings. The van der Waals surface area contributed by atoms with E-state index in [1.54, 1.807) is 31.2 Å². The highest BCUT2D eigenvalue weighted by molar-refractivity contribution is 5.91. The predicted molar refractivity (Wildman–Crippen MR) is 77.0 cm³/mol. The fraction of sp³-hybridized carbons (Fsp3) is 0.312. The molecule has 0 radical (unpaired) electrons. The Balaban J connectivity index is 2.08. The van der Waals surface area contributed by atoms with Crippen LogP contribution >= 0.6 is 0 Å². The van der Waals surface area contributed by atoms with E-state index in [0.29, 0.717) is 5.76 Å². The minimum absolute atomic E-state index is 0.0453. The van der Waals surface area contributed by atoms with Crippen molar-refractivity contribution >= 4 is 5.91 Å². The molecule has 1 heterocycles.